The lowest BCUT2D eigenvalue weighted by atomic mass is 9.96. The van der Waals surface area contributed by atoms with Crippen LogP contribution >= 0.6 is 11.6 Å². The molecule has 0 radical (unpaired) electrons. The predicted octanol–water partition coefficient (Wildman–Crippen LogP) is 4.69. The highest BCUT2D eigenvalue weighted by Gasteiger charge is 2.24. The molecule has 1 aliphatic heterocycles. The average Bonchev–Trinajstić information content (AvgIpc) is 3.19. The summed E-state index contributed by atoms with van der Waals surface area (Å²) >= 11 is 5.91. The van der Waals surface area contributed by atoms with Gasteiger partial charge in [-0.3, -0.25) is 4.79 Å². The highest BCUT2D eigenvalue weighted by atomic mass is 35.5. The van der Waals surface area contributed by atoms with E-state index in [-0.39, 0.29) is 5.91 Å². The standard InChI is InChI=1S/C23H30ClN3O4/c1-23(2,3)31-22(29)26-14-16-10-12-27(13-11-16)21(28)9-8-20-25-15-19(30-20)17-4-6-18(24)7-5-17/h4-7,15-16H,8-14H2,1-3H3,(H,26,29). The lowest BCUT2D eigenvalue weighted by Gasteiger charge is -2.32. The third-order valence-electron chi connectivity index (χ3n) is 5.14. The monoisotopic (exact) mass is 447 g/mol. The number of halogens is 1. The van der Waals surface area contributed by atoms with Gasteiger partial charge in [-0.15, -0.1) is 0 Å². The SMILES string of the molecule is CC(C)(C)OC(=O)NCC1CCN(C(=O)CCc2ncc(-c3ccc(Cl)cc3)o2)CC1. The van der Waals surface area contributed by atoms with E-state index in [1.54, 1.807) is 18.3 Å². The largest absolute Gasteiger partial charge is 0.444 e. The van der Waals surface area contributed by atoms with Crippen LogP contribution in [0.1, 0.15) is 45.9 Å². The second kappa shape index (κ2) is 10.2. The van der Waals surface area contributed by atoms with Crippen molar-refractivity contribution in [2.75, 3.05) is 19.6 Å². The molecular weight excluding hydrogens is 418 g/mol. The Morgan fingerprint density at radius 2 is 1.90 bits per heavy atom. The number of likely N-dealkylation sites (tertiary alicyclic amines) is 1. The van der Waals surface area contributed by atoms with Gasteiger partial charge in [0.05, 0.1) is 6.20 Å². The maximum atomic E-state index is 12.6. The topological polar surface area (TPSA) is 84.7 Å². The minimum atomic E-state index is -0.502. The zero-order valence-electron chi connectivity index (χ0n) is 18.3. The molecule has 0 unspecified atom stereocenters. The Morgan fingerprint density at radius 1 is 1.23 bits per heavy atom. The number of aromatic nitrogens is 1. The first-order valence-electron chi connectivity index (χ1n) is 10.6. The molecule has 31 heavy (non-hydrogen) atoms. The van der Waals surface area contributed by atoms with E-state index in [1.807, 2.05) is 37.8 Å². The Hall–Kier alpha value is -2.54. The Kier molecular flexibility index (Phi) is 7.59. The molecule has 0 aliphatic carbocycles. The molecule has 1 saturated heterocycles. The van der Waals surface area contributed by atoms with Gasteiger partial charge in [0.2, 0.25) is 5.91 Å². The van der Waals surface area contributed by atoms with Crippen LogP contribution in [0, 0.1) is 5.92 Å². The Bertz CT molecular complexity index is 881. The van der Waals surface area contributed by atoms with E-state index >= 15 is 0 Å². The maximum Gasteiger partial charge on any atom is 0.407 e. The lowest BCUT2D eigenvalue weighted by molar-refractivity contribution is -0.132. The molecule has 8 heteroatoms. The maximum absolute atomic E-state index is 12.6. The summed E-state index contributed by atoms with van der Waals surface area (Å²) in [7, 11) is 0. The summed E-state index contributed by atoms with van der Waals surface area (Å²) < 4.78 is 11.0. The summed E-state index contributed by atoms with van der Waals surface area (Å²) in [6.45, 7) is 7.48. The van der Waals surface area contributed by atoms with Crippen molar-refractivity contribution in [3.63, 3.8) is 0 Å². The molecule has 1 fully saturated rings. The fraction of sp³-hybridized carbons (Fsp3) is 0.522. The summed E-state index contributed by atoms with van der Waals surface area (Å²) in [5.41, 5.74) is 0.398. The number of ether oxygens (including phenoxy) is 1. The number of nitrogens with zero attached hydrogens (tertiary/aromatic N) is 2. The fourth-order valence-corrected chi connectivity index (χ4v) is 3.60. The molecule has 0 bridgehead atoms. The van der Waals surface area contributed by atoms with E-state index in [0.717, 1.165) is 18.4 Å². The first kappa shape index (κ1) is 23.1. The third-order valence-corrected chi connectivity index (χ3v) is 5.39. The van der Waals surface area contributed by atoms with Crippen LogP contribution in [0.4, 0.5) is 4.79 Å². The van der Waals surface area contributed by atoms with Crippen LogP contribution in [0.25, 0.3) is 11.3 Å². The molecule has 1 aromatic heterocycles. The van der Waals surface area contributed by atoms with E-state index in [9.17, 15) is 9.59 Å². The van der Waals surface area contributed by atoms with Gasteiger partial charge in [-0.2, -0.15) is 0 Å². The number of carbonyl (C=O) groups excluding carboxylic acids is 2. The average molecular weight is 448 g/mol. The number of nitrogens with one attached hydrogen (secondary N) is 1. The molecule has 0 spiro atoms. The molecule has 1 aromatic carbocycles. The van der Waals surface area contributed by atoms with Crippen molar-refractivity contribution in [3.05, 3.63) is 41.4 Å². The van der Waals surface area contributed by atoms with Gasteiger partial charge in [-0.05, 0) is 63.8 Å². The minimum absolute atomic E-state index is 0.102. The number of alkyl carbamates (subject to hydrolysis) is 1. The zero-order valence-corrected chi connectivity index (χ0v) is 19.1. The summed E-state index contributed by atoms with van der Waals surface area (Å²) in [5.74, 6) is 1.67. The number of hydrogen-bond acceptors (Lipinski definition) is 5. The molecule has 2 amide bonds. The fourth-order valence-electron chi connectivity index (χ4n) is 3.47. The normalized spacial score (nSPS) is 15.0. The van der Waals surface area contributed by atoms with Crippen LogP contribution in [0.15, 0.2) is 34.9 Å². The van der Waals surface area contributed by atoms with Gasteiger partial charge >= 0.3 is 6.09 Å². The molecule has 0 atom stereocenters. The molecule has 3 rings (SSSR count). The van der Waals surface area contributed by atoms with E-state index in [2.05, 4.69) is 10.3 Å². The minimum Gasteiger partial charge on any atom is -0.444 e. The first-order chi connectivity index (χ1) is 14.7. The Labute approximate surface area is 188 Å². The van der Waals surface area contributed by atoms with Gasteiger partial charge < -0.3 is 19.4 Å². The number of carbonyl (C=O) groups is 2. The van der Waals surface area contributed by atoms with Crippen LogP contribution < -0.4 is 5.32 Å². The van der Waals surface area contributed by atoms with Crippen molar-refractivity contribution < 1.29 is 18.7 Å². The van der Waals surface area contributed by atoms with E-state index in [1.165, 1.54) is 0 Å². The zero-order chi connectivity index (χ0) is 22.4. The number of benzene rings is 1. The summed E-state index contributed by atoms with van der Waals surface area (Å²) in [6.07, 6.45) is 3.83. The molecule has 7 nitrogen and oxygen atoms in total. The lowest BCUT2D eigenvalue weighted by Crippen LogP contribution is -2.42. The molecule has 1 aliphatic rings. The van der Waals surface area contributed by atoms with Crippen LogP contribution in [-0.4, -0.2) is 47.1 Å². The summed E-state index contributed by atoms with van der Waals surface area (Å²) in [5, 5.41) is 3.49. The summed E-state index contributed by atoms with van der Waals surface area (Å²) in [6, 6.07) is 7.35. The molecular formula is C23H30ClN3O4. The number of hydrogen-bond donors (Lipinski definition) is 1. The molecule has 168 valence electrons. The first-order valence-corrected chi connectivity index (χ1v) is 11.0. The highest BCUT2D eigenvalue weighted by Crippen LogP contribution is 2.23. The molecule has 2 aromatic rings. The highest BCUT2D eigenvalue weighted by molar-refractivity contribution is 6.30. The third kappa shape index (κ3) is 7.28. The molecule has 0 saturated carbocycles. The van der Waals surface area contributed by atoms with Crippen molar-refractivity contribution in [2.45, 2.75) is 52.1 Å². The number of piperidine rings is 1. The smallest absolute Gasteiger partial charge is 0.407 e. The van der Waals surface area contributed by atoms with E-state index in [0.29, 0.717) is 55.1 Å². The van der Waals surface area contributed by atoms with Gasteiger partial charge in [0.25, 0.3) is 0 Å². The van der Waals surface area contributed by atoms with Gasteiger partial charge in [0.15, 0.2) is 11.7 Å². The van der Waals surface area contributed by atoms with Crippen molar-refractivity contribution in [1.29, 1.82) is 0 Å². The van der Waals surface area contributed by atoms with Crippen LogP contribution in [0.3, 0.4) is 0 Å². The quantitative estimate of drug-likeness (QED) is 0.694. The Morgan fingerprint density at radius 3 is 2.55 bits per heavy atom. The van der Waals surface area contributed by atoms with Gasteiger partial charge in [-0.25, -0.2) is 9.78 Å². The second-order valence-electron chi connectivity index (χ2n) is 8.83. The van der Waals surface area contributed by atoms with Crippen LogP contribution in [0.2, 0.25) is 5.02 Å². The number of rotatable bonds is 6. The molecule has 2 heterocycles. The number of aryl methyl sites for hydroxylation is 1. The van der Waals surface area contributed by atoms with E-state index < -0.39 is 11.7 Å². The van der Waals surface area contributed by atoms with Gasteiger partial charge in [0, 0.05) is 43.1 Å². The van der Waals surface area contributed by atoms with Crippen LogP contribution in [-0.2, 0) is 16.0 Å². The van der Waals surface area contributed by atoms with Crippen LogP contribution in [0.5, 0.6) is 0 Å². The second-order valence-corrected chi connectivity index (χ2v) is 9.27. The number of oxazole rings is 1. The van der Waals surface area contributed by atoms with Crippen molar-refractivity contribution in [1.82, 2.24) is 15.2 Å². The van der Waals surface area contributed by atoms with Crippen molar-refractivity contribution >= 4 is 23.6 Å². The van der Waals surface area contributed by atoms with Gasteiger partial charge in [0.1, 0.15) is 5.60 Å². The summed E-state index contributed by atoms with van der Waals surface area (Å²) in [4.78, 5) is 30.5. The van der Waals surface area contributed by atoms with Crippen molar-refractivity contribution in [2.24, 2.45) is 5.92 Å². The number of amides is 2. The van der Waals surface area contributed by atoms with Gasteiger partial charge in [-0.1, -0.05) is 11.6 Å². The predicted molar refractivity (Wildman–Crippen MR) is 119 cm³/mol. The van der Waals surface area contributed by atoms with E-state index in [4.69, 9.17) is 20.8 Å². The Balaban J connectivity index is 1.38. The molecule has 1 N–H and O–H groups in total. The van der Waals surface area contributed by atoms with Crippen molar-refractivity contribution in [3.8, 4) is 11.3 Å².